The number of nitrogens with zero attached hydrogens (tertiary/aromatic N) is 2. The lowest BCUT2D eigenvalue weighted by atomic mass is 10.0. The summed E-state index contributed by atoms with van der Waals surface area (Å²) in [7, 11) is 0. The fraction of sp³-hybridized carbons (Fsp3) is 0.429. The maximum absolute atomic E-state index is 12.4. The van der Waals surface area contributed by atoms with Crippen LogP contribution in [0.5, 0.6) is 0 Å². The molecule has 1 amide bonds. The SMILES string of the molecule is Cc1ccc(C(=O)Nc2ccc(N3CCC4(CC3)OCCO4)cn2)cc1C. The molecule has 0 atom stereocenters. The van der Waals surface area contributed by atoms with Crippen molar-refractivity contribution in [1.82, 2.24) is 4.98 Å². The highest BCUT2D eigenvalue weighted by molar-refractivity contribution is 6.03. The van der Waals surface area contributed by atoms with Crippen LogP contribution < -0.4 is 10.2 Å². The summed E-state index contributed by atoms with van der Waals surface area (Å²) in [5.74, 6) is 0.0380. The summed E-state index contributed by atoms with van der Waals surface area (Å²) < 4.78 is 11.5. The van der Waals surface area contributed by atoms with Gasteiger partial charge in [0.1, 0.15) is 5.82 Å². The lowest BCUT2D eigenvalue weighted by Gasteiger charge is -2.38. The summed E-state index contributed by atoms with van der Waals surface area (Å²) in [6, 6.07) is 9.54. The minimum atomic E-state index is -0.371. The van der Waals surface area contributed by atoms with Crippen molar-refractivity contribution >= 4 is 17.4 Å². The van der Waals surface area contributed by atoms with E-state index in [2.05, 4.69) is 15.2 Å². The Morgan fingerprint density at radius 1 is 1.07 bits per heavy atom. The normalized spacial score (nSPS) is 18.7. The number of carbonyl (C=O) groups is 1. The van der Waals surface area contributed by atoms with E-state index < -0.39 is 0 Å². The first-order valence-corrected chi connectivity index (χ1v) is 9.42. The van der Waals surface area contributed by atoms with Crippen LogP contribution in [0.1, 0.15) is 34.3 Å². The standard InChI is InChI=1S/C21H25N3O3/c1-15-3-4-17(13-16(15)2)20(25)23-19-6-5-18(14-22-19)24-9-7-21(8-10-24)26-11-12-27-21/h3-6,13-14H,7-12H2,1-2H3,(H,22,23,25). The molecule has 0 bridgehead atoms. The number of aryl methyl sites for hydroxylation is 2. The number of nitrogens with one attached hydrogen (secondary N) is 1. The molecule has 6 heteroatoms. The third-order valence-electron chi connectivity index (χ3n) is 5.46. The van der Waals surface area contributed by atoms with E-state index in [1.165, 1.54) is 5.56 Å². The molecule has 0 unspecified atom stereocenters. The Morgan fingerprint density at radius 2 is 1.81 bits per heavy atom. The summed E-state index contributed by atoms with van der Waals surface area (Å²) >= 11 is 0. The predicted octanol–water partition coefficient (Wildman–Crippen LogP) is 3.29. The van der Waals surface area contributed by atoms with Gasteiger partial charge in [0.25, 0.3) is 5.91 Å². The molecule has 2 aromatic rings. The van der Waals surface area contributed by atoms with Crippen LogP contribution >= 0.6 is 0 Å². The molecule has 2 aliphatic rings. The quantitative estimate of drug-likeness (QED) is 0.902. The number of pyridine rings is 1. The van der Waals surface area contributed by atoms with Crippen LogP contribution in [-0.2, 0) is 9.47 Å². The van der Waals surface area contributed by atoms with Gasteiger partial charge in [-0.25, -0.2) is 4.98 Å². The summed E-state index contributed by atoms with van der Waals surface area (Å²) in [5, 5.41) is 2.87. The molecule has 2 aliphatic heterocycles. The third-order valence-corrected chi connectivity index (χ3v) is 5.46. The van der Waals surface area contributed by atoms with Gasteiger partial charge in [-0.05, 0) is 49.2 Å². The number of anilines is 2. The first-order chi connectivity index (χ1) is 13.0. The molecule has 2 saturated heterocycles. The Labute approximate surface area is 159 Å². The molecule has 0 saturated carbocycles. The van der Waals surface area contributed by atoms with Crippen molar-refractivity contribution < 1.29 is 14.3 Å². The highest BCUT2D eigenvalue weighted by atomic mass is 16.7. The maximum Gasteiger partial charge on any atom is 0.256 e. The molecule has 2 fully saturated rings. The first kappa shape index (κ1) is 17.9. The van der Waals surface area contributed by atoms with Crippen molar-refractivity contribution in [3.8, 4) is 0 Å². The van der Waals surface area contributed by atoms with E-state index in [1.807, 2.05) is 50.4 Å². The van der Waals surface area contributed by atoms with Gasteiger partial charge in [0.15, 0.2) is 5.79 Å². The van der Waals surface area contributed by atoms with E-state index in [0.29, 0.717) is 24.6 Å². The molecule has 4 rings (SSSR count). The monoisotopic (exact) mass is 367 g/mol. The minimum Gasteiger partial charge on any atom is -0.370 e. The molecular formula is C21H25N3O3. The molecule has 1 aromatic heterocycles. The second-order valence-corrected chi connectivity index (χ2v) is 7.25. The van der Waals surface area contributed by atoms with Crippen LogP contribution in [0.15, 0.2) is 36.5 Å². The smallest absolute Gasteiger partial charge is 0.256 e. The Hall–Kier alpha value is -2.44. The van der Waals surface area contributed by atoms with Gasteiger partial charge >= 0.3 is 0 Å². The van der Waals surface area contributed by atoms with Crippen LogP contribution in [0.2, 0.25) is 0 Å². The van der Waals surface area contributed by atoms with E-state index in [0.717, 1.165) is 37.2 Å². The van der Waals surface area contributed by atoms with Gasteiger partial charge in [0.2, 0.25) is 0 Å². The van der Waals surface area contributed by atoms with E-state index in [-0.39, 0.29) is 11.7 Å². The number of ether oxygens (including phenoxy) is 2. The highest BCUT2D eigenvalue weighted by Gasteiger charge is 2.39. The number of hydrogen-bond donors (Lipinski definition) is 1. The fourth-order valence-corrected chi connectivity index (χ4v) is 3.61. The third kappa shape index (κ3) is 3.82. The van der Waals surface area contributed by atoms with E-state index in [1.54, 1.807) is 0 Å². The zero-order valence-corrected chi connectivity index (χ0v) is 15.8. The summed E-state index contributed by atoms with van der Waals surface area (Å²) in [6.07, 6.45) is 3.53. The van der Waals surface area contributed by atoms with Gasteiger partial charge in [-0.1, -0.05) is 6.07 Å². The number of hydrogen-bond acceptors (Lipinski definition) is 5. The van der Waals surface area contributed by atoms with Gasteiger partial charge in [-0.3, -0.25) is 4.79 Å². The molecule has 6 nitrogen and oxygen atoms in total. The van der Waals surface area contributed by atoms with E-state index in [4.69, 9.17) is 9.47 Å². The topological polar surface area (TPSA) is 63.7 Å². The van der Waals surface area contributed by atoms with Crippen molar-refractivity contribution in [2.24, 2.45) is 0 Å². The molecule has 27 heavy (non-hydrogen) atoms. The van der Waals surface area contributed by atoms with Crippen LogP contribution in [-0.4, -0.2) is 43.0 Å². The van der Waals surface area contributed by atoms with Gasteiger partial charge < -0.3 is 19.7 Å². The van der Waals surface area contributed by atoms with Crippen molar-refractivity contribution in [3.63, 3.8) is 0 Å². The van der Waals surface area contributed by atoms with Crippen molar-refractivity contribution in [1.29, 1.82) is 0 Å². The molecular weight excluding hydrogens is 342 g/mol. The van der Waals surface area contributed by atoms with E-state index >= 15 is 0 Å². The highest BCUT2D eigenvalue weighted by Crippen LogP contribution is 2.33. The van der Waals surface area contributed by atoms with Crippen LogP contribution in [0.25, 0.3) is 0 Å². The van der Waals surface area contributed by atoms with Crippen LogP contribution in [0.3, 0.4) is 0 Å². The number of aromatic nitrogens is 1. The first-order valence-electron chi connectivity index (χ1n) is 9.42. The van der Waals surface area contributed by atoms with Crippen molar-refractivity contribution in [3.05, 3.63) is 53.2 Å². The lowest BCUT2D eigenvalue weighted by molar-refractivity contribution is -0.169. The van der Waals surface area contributed by atoms with Crippen molar-refractivity contribution in [2.75, 3.05) is 36.5 Å². The Kier molecular flexibility index (Phi) is 4.85. The molecule has 1 spiro atoms. The molecule has 0 aliphatic carbocycles. The second-order valence-electron chi connectivity index (χ2n) is 7.25. The average Bonchev–Trinajstić information content (AvgIpc) is 3.13. The largest absolute Gasteiger partial charge is 0.370 e. The van der Waals surface area contributed by atoms with Gasteiger partial charge in [-0.2, -0.15) is 0 Å². The molecule has 0 radical (unpaired) electrons. The maximum atomic E-state index is 12.4. The van der Waals surface area contributed by atoms with Crippen LogP contribution in [0, 0.1) is 13.8 Å². The molecule has 1 N–H and O–H groups in total. The number of rotatable bonds is 3. The van der Waals surface area contributed by atoms with Crippen LogP contribution in [0.4, 0.5) is 11.5 Å². The van der Waals surface area contributed by atoms with E-state index in [9.17, 15) is 4.79 Å². The molecule has 3 heterocycles. The lowest BCUT2D eigenvalue weighted by Crippen LogP contribution is -2.45. The van der Waals surface area contributed by atoms with Gasteiger partial charge in [0, 0.05) is 31.5 Å². The number of amides is 1. The average molecular weight is 367 g/mol. The molecule has 1 aromatic carbocycles. The summed E-state index contributed by atoms with van der Waals surface area (Å²) in [6.45, 7) is 7.16. The summed E-state index contributed by atoms with van der Waals surface area (Å²) in [4.78, 5) is 19.1. The zero-order valence-electron chi connectivity index (χ0n) is 15.8. The van der Waals surface area contributed by atoms with Crippen molar-refractivity contribution in [2.45, 2.75) is 32.5 Å². The van der Waals surface area contributed by atoms with Gasteiger partial charge in [0.05, 0.1) is 25.1 Å². The summed E-state index contributed by atoms with van der Waals surface area (Å²) in [5.41, 5.74) is 3.96. The number of piperidine rings is 1. The second kappa shape index (κ2) is 7.29. The number of carbonyl (C=O) groups excluding carboxylic acids is 1. The van der Waals surface area contributed by atoms with Gasteiger partial charge in [-0.15, -0.1) is 0 Å². The Morgan fingerprint density at radius 3 is 2.44 bits per heavy atom. The fourth-order valence-electron chi connectivity index (χ4n) is 3.61. The Bertz CT molecular complexity index is 819. The Balaban J connectivity index is 1.37. The minimum absolute atomic E-state index is 0.145. The zero-order chi connectivity index (χ0) is 18.9. The number of benzene rings is 1. The molecule has 142 valence electrons. The predicted molar refractivity (Wildman–Crippen MR) is 104 cm³/mol.